The van der Waals surface area contributed by atoms with Crippen LogP contribution in [-0.2, 0) is 20.9 Å². The minimum absolute atomic E-state index is 0.159. The molecule has 1 aliphatic carbocycles. The fraction of sp³-hybridized carbons (Fsp3) is 0.438. The van der Waals surface area contributed by atoms with E-state index in [0.29, 0.717) is 30.2 Å². The summed E-state index contributed by atoms with van der Waals surface area (Å²) in [4.78, 5) is 31.3. The number of nitrogens with one attached hydrogen (secondary N) is 1. The number of piperidine rings is 1. The van der Waals surface area contributed by atoms with Crippen LogP contribution in [0.15, 0.2) is 47.0 Å². The molecule has 2 aromatic carbocycles. The van der Waals surface area contributed by atoms with Gasteiger partial charge in [0.05, 0.1) is 30.0 Å². The van der Waals surface area contributed by atoms with E-state index in [2.05, 4.69) is 51.3 Å². The number of anilines is 1. The van der Waals surface area contributed by atoms with Gasteiger partial charge < -0.3 is 24.2 Å². The first kappa shape index (κ1) is 27.1. The van der Waals surface area contributed by atoms with Gasteiger partial charge in [0.15, 0.2) is 5.13 Å². The predicted octanol–water partition coefficient (Wildman–Crippen LogP) is 5.76. The van der Waals surface area contributed by atoms with Crippen LogP contribution in [0.4, 0.5) is 5.13 Å². The minimum atomic E-state index is -0.483. The lowest BCUT2D eigenvalue weighted by Gasteiger charge is -2.38. The number of fused-ring (bicyclic) bond motifs is 3. The molecule has 10 heteroatoms. The zero-order chi connectivity index (χ0) is 28.8. The summed E-state index contributed by atoms with van der Waals surface area (Å²) < 4.78 is 18.1. The van der Waals surface area contributed by atoms with Crippen molar-refractivity contribution in [1.82, 2.24) is 15.5 Å². The van der Waals surface area contributed by atoms with E-state index < -0.39 is 5.97 Å². The summed E-state index contributed by atoms with van der Waals surface area (Å²) in [5, 5.41) is 8.11. The second-order valence-corrected chi connectivity index (χ2v) is 12.6. The number of carbonyl (C=O) groups is 2. The fourth-order valence-corrected chi connectivity index (χ4v) is 7.59. The van der Waals surface area contributed by atoms with Gasteiger partial charge in [-0.15, -0.1) is 0 Å². The number of ether oxygens (including phenoxy) is 2. The van der Waals surface area contributed by atoms with Crippen molar-refractivity contribution >= 4 is 38.6 Å². The third-order valence-corrected chi connectivity index (χ3v) is 9.83. The second-order valence-electron chi connectivity index (χ2n) is 11.6. The Hall–Kier alpha value is -3.76. The van der Waals surface area contributed by atoms with Crippen LogP contribution in [0.5, 0.6) is 0 Å². The first-order valence-corrected chi connectivity index (χ1v) is 15.5. The van der Waals surface area contributed by atoms with Gasteiger partial charge in [-0.1, -0.05) is 40.8 Å². The Kier molecular flexibility index (Phi) is 7.19. The van der Waals surface area contributed by atoms with E-state index >= 15 is 0 Å². The molecule has 0 spiro atoms. The van der Waals surface area contributed by atoms with Crippen molar-refractivity contribution in [2.75, 3.05) is 18.6 Å². The first-order valence-electron chi connectivity index (χ1n) is 14.7. The van der Waals surface area contributed by atoms with E-state index in [9.17, 15) is 9.59 Å². The van der Waals surface area contributed by atoms with Crippen molar-refractivity contribution in [2.45, 2.75) is 76.2 Å². The number of methoxy groups -OCH3 is 1. The highest BCUT2D eigenvalue weighted by molar-refractivity contribution is 7.22. The molecule has 42 heavy (non-hydrogen) atoms. The molecule has 2 aromatic heterocycles. The first-order chi connectivity index (χ1) is 20.5. The maximum Gasteiger partial charge on any atom is 0.325 e. The number of esters is 1. The SMILES string of the molecule is COC(=O)CNC(=O)c1ccc2nc(N3C4CC[C@H]3CC(OCc3c(-c5ccccc5C)noc3C3CC3)C4)sc2c1. The molecule has 2 bridgehead atoms. The lowest BCUT2D eigenvalue weighted by molar-refractivity contribution is -0.139. The summed E-state index contributed by atoms with van der Waals surface area (Å²) in [6.07, 6.45) is 6.63. The lowest BCUT2D eigenvalue weighted by Crippen LogP contribution is -2.45. The molecule has 2 saturated heterocycles. The van der Waals surface area contributed by atoms with Crippen LogP contribution >= 0.6 is 11.3 Å². The standard InChI is InChI=1S/C32H34N4O5S/c1-18-5-3-4-6-24(18)29-25(30(41-35-29)19-7-8-19)17-40-23-14-21-10-11-22(15-23)36(21)32-34-26-12-9-20(13-27(26)42-32)31(38)33-16-28(37)39-2/h3-6,9,12-13,19,21-23H,7-8,10-11,14-17H2,1-2H3,(H,33,38)/t21-,22?,23?/m0/s1. The number of aryl methyl sites for hydroxylation is 1. The van der Waals surface area contributed by atoms with Crippen molar-refractivity contribution in [3.63, 3.8) is 0 Å². The Balaban J connectivity index is 1.04. The zero-order valence-corrected chi connectivity index (χ0v) is 24.6. The molecule has 4 heterocycles. The third-order valence-electron chi connectivity index (χ3n) is 8.80. The number of thiazole rings is 1. The van der Waals surface area contributed by atoms with E-state index in [1.54, 1.807) is 17.4 Å². The predicted molar refractivity (Wildman–Crippen MR) is 160 cm³/mol. The number of hydrogen-bond donors (Lipinski definition) is 1. The van der Waals surface area contributed by atoms with Gasteiger partial charge >= 0.3 is 5.97 Å². The van der Waals surface area contributed by atoms with Gasteiger partial charge in [0.25, 0.3) is 5.91 Å². The van der Waals surface area contributed by atoms with Crippen LogP contribution in [0.1, 0.15) is 71.7 Å². The normalized spacial score (nSPS) is 21.6. The largest absolute Gasteiger partial charge is 0.468 e. The van der Waals surface area contributed by atoms with Crippen molar-refractivity contribution < 1.29 is 23.6 Å². The molecule has 4 aromatic rings. The highest BCUT2D eigenvalue weighted by Crippen LogP contribution is 2.46. The van der Waals surface area contributed by atoms with E-state index in [1.807, 2.05) is 12.1 Å². The Labute approximate surface area is 248 Å². The van der Waals surface area contributed by atoms with E-state index in [1.165, 1.54) is 12.7 Å². The molecule has 2 unspecified atom stereocenters. The molecule has 2 aliphatic heterocycles. The summed E-state index contributed by atoms with van der Waals surface area (Å²) in [6, 6.07) is 14.6. The molecule has 3 fully saturated rings. The van der Waals surface area contributed by atoms with Gasteiger partial charge in [-0.25, -0.2) is 4.98 Å². The molecule has 3 aliphatic rings. The highest BCUT2D eigenvalue weighted by Gasteiger charge is 2.43. The average molecular weight is 587 g/mol. The summed E-state index contributed by atoms with van der Waals surface area (Å²) >= 11 is 1.62. The number of aromatic nitrogens is 2. The van der Waals surface area contributed by atoms with Gasteiger partial charge in [0.2, 0.25) is 0 Å². The lowest BCUT2D eigenvalue weighted by atomic mass is 9.99. The van der Waals surface area contributed by atoms with E-state index in [0.717, 1.165) is 76.5 Å². The van der Waals surface area contributed by atoms with Gasteiger partial charge in [-0.05, 0) is 69.2 Å². The minimum Gasteiger partial charge on any atom is -0.468 e. The molecule has 218 valence electrons. The maximum atomic E-state index is 12.5. The van der Waals surface area contributed by atoms with Crippen LogP contribution in [-0.4, -0.2) is 53.9 Å². The van der Waals surface area contributed by atoms with Crippen LogP contribution in [0.3, 0.4) is 0 Å². The molecule has 9 nitrogen and oxygen atoms in total. The second kappa shape index (κ2) is 11.1. The Morgan fingerprint density at radius 3 is 2.62 bits per heavy atom. The van der Waals surface area contributed by atoms with Crippen LogP contribution in [0.2, 0.25) is 0 Å². The summed E-state index contributed by atoms with van der Waals surface area (Å²) in [5.74, 6) is 0.675. The van der Waals surface area contributed by atoms with Gasteiger partial charge in [-0.2, -0.15) is 0 Å². The number of nitrogens with zero attached hydrogens (tertiary/aromatic N) is 3. The number of rotatable bonds is 9. The monoisotopic (exact) mass is 586 g/mol. The van der Waals surface area contributed by atoms with Crippen molar-refractivity contribution in [1.29, 1.82) is 0 Å². The number of carbonyl (C=O) groups excluding carboxylic acids is 2. The Bertz CT molecular complexity index is 1630. The fourth-order valence-electron chi connectivity index (χ4n) is 6.45. The quantitative estimate of drug-likeness (QED) is 0.247. The molecule has 1 saturated carbocycles. The molecule has 0 radical (unpaired) electrons. The number of benzene rings is 2. The smallest absolute Gasteiger partial charge is 0.325 e. The van der Waals surface area contributed by atoms with Crippen LogP contribution in [0, 0.1) is 6.92 Å². The summed E-state index contributed by atoms with van der Waals surface area (Å²) in [6.45, 7) is 2.47. The average Bonchev–Trinajstić information content (AvgIpc) is 3.52. The highest BCUT2D eigenvalue weighted by atomic mass is 32.1. The van der Waals surface area contributed by atoms with E-state index in [4.69, 9.17) is 14.2 Å². The van der Waals surface area contributed by atoms with Crippen molar-refractivity contribution in [3.8, 4) is 11.3 Å². The van der Waals surface area contributed by atoms with Crippen LogP contribution < -0.4 is 10.2 Å². The van der Waals surface area contributed by atoms with E-state index in [-0.39, 0.29) is 18.6 Å². The maximum absolute atomic E-state index is 12.5. The number of hydrogen-bond acceptors (Lipinski definition) is 9. The van der Waals surface area contributed by atoms with Gasteiger partial charge in [-0.3, -0.25) is 9.59 Å². The van der Waals surface area contributed by atoms with Crippen molar-refractivity contribution in [3.05, 3.63) is 64.9 Å². The number of amides is 1. The van der Waals surface area contributed by atoms with Crippen LogP contribution in [0.25, 0.3) is 21.5 Å². The summed E-state index contributed by atoms with van der Waals surface area (Å²) in [5.41, 5.74) is 5.71. The molecule has 1 N–H and O–H groups in total. The molecular weight excluding hydrogens is 552 g/mol. The topological polar surface area (TPSA) is 107 Å². The zero-order valence-electron chi connectivity index (χ0n) is 23.8. The molecule has 3 atom stereocenters. The molecule has 7 rings (SSSR count). The third kappa shape index (κ3) is 5.18. The van der Waals surface area contributed by atoms with Crippen molar-refractivity contribution in [2.24, 2.45) is 0 Å². The Morgan fingerprint density at radius 1 is 1.10 bits per heavy atom. The van der Waals surface area contributed by atoms with Gasteiger partial charge in [0.1, 0.15) is 18.0 Å². The Morgan fingerprint density at radius 2 is 1.88 bits per heavy atom. The molecule has 1 amide bonds. The summed E-state index contributed by atoms with van der Waals surface area (Å²) in [7, 11) is 1.30. The molecular formula is C32H34N4O5S. The van der Waals surface area contributed by atoms with Gasteiger partial charge in [0, 0.05) is 34.7 Å².